The van der Waals surface area contributed by atoms with E-state index in [0.717, 1.165) is 12.8 Å². The zero-order valence-electron chi connectivity index (χ0n) is 9.18. The van der Waals surface area contributed by atoms with Crippen LogP contribution in [-0.2, 0) is 0 Å². The molecule has 0 rings (SSSR count). The minimum absolute atomic E-state index is 0.00768. The maximum Gasteiger partial charge on any atom is 0.0499 e. The highest BCUT2D eigenvalue weighted by atomic mass is 16.3. The van der Waals surface area contributed by atoms with Gasteiger partial charge in [0.15, 0.2) is 0 Å². The zero-order valence-corrected chi connectivity index (χ0v) is 9.18. The largest absolute Gasteiger partial charge is 0.396 e. The standard InChI is InChI=1S/C11H25NO/c1-3-5-6-7-8-11(4-2,9-12)10-13/h13H,3-10,12H2,1-2H3. The number of hydrogen-bond donors (Lipinski definition) is 2. The molecule has 2 heteroatoms. The van der Waals surface area contributed by atoms with Crippen LogP contribution in [0.2, 0.25) is 0 Å². The summed E-state index contributed by atoms with van der Waals surface area (Å²) in [5, 5.41) is 9.25. The first-order chi connectivity index (χ1) is 6.24. The van der Waals surface area contributed by atoms with Gasteiger partial charge in [-0.25, -0.2) is 0 Å². The maximum absolute atomic E-state index is 9.25. The Morgan fingerprint density at radius 2 is 1.85 bits per heavy atom. The maximum atomic E-state index is 9.25. The summed E-state index contributed by atoms with van der Waals surface area (Å²) >= 11 is 0. The molecule has 0 aromatic rings. The molecule has 0 heterocycles. The predicted molar refractivity (Wildman–Crippen MR) is 57.6 cm³/mol. The van der Waals surface area contributed by atoms with Gasteiger partial charge in [0.1, 0.15) is 0 Å². The molecule has 0 aromatic carbocycles. The van der Waals surface area contributed by atoms with Crippen LogP contribution >= 0.6 is 0 Å². The van der Waals surface area contributed by atoms with Crippen molar-refractivity contribution in [3.05, 3.63) is 0 Å². The highest BCUT2D eigenvalue weighted by Crippen LogP contribution is 2.27. The molecular weight excluding hydrogens is 162 g/mol. The summed E-state index contributed by atoms with van der Waals surface area (Å²) < 4.78 is 0. The van der Waals surface area contributed by atoms with Gasteiger partial charge in [-0.15, -0.1) is 0 Å². The third kappa shape index (κ3) is 4.63. The van der Waals surface area contributed by atoms with Crippen molar-refractivity contribution in [1.82, 2.24) is 0 Å². The molecule has 0 aromatic heterocycles. The number of aliphatic hydroxyl groups is 1. The van der Waals surface area contributed by atoms with Gasteiger partial charge in [-0.2, -0.15) is 0 Å². The van der Waals surface area contributed by atoms with E-state index in [1.165, 1.54) is 25.7 Å². The fourth-order valence-electron chi connectivity index (χ4n) is 1.61. The van der Waals surface area contributed by atoms with Crippen LogP contribution in [0.1, 0.15) is 52.4 Å². The quantitative estimate of drug-likeness (QED) is 0.573. The summed E-state index contributed by atoms with van der Waals surface area (Å²) in [4.78, 5) is 0. The molecule has 0 bridgehead atoms. The summed E-state index contributed by atoms with van der Waals surface area (Å²) in [6.45, 7) is 5.18. The smallest absolute Gasteiger partial charge is 0.0499 e. The van der Waals surface area contributed by atoms with E-state index in [0.29, 0.717) is 6.54 Å². The minimum atomic E-state index is 0.00768. The lowest BCUT2D eigenvalue weighted by molar-refractivity contribution is 0.114. The van der Waals surface area contributed by atoms with Crippen molar-refractivity contribution in [2.24, 2.45) is 11.1 Å². The van der Waals surface area contributed by atoms with Gasteiger partial charge in [0.25, 0.3) is 0 Å². The van der Waals surface area contributed by atoms with E-state index in [2.05, 4.69) is 13.8 Å². The Balaban J connectivity index is 3.68. The molecule has 0 fully saturated rings. The van der Waals surface area contributed by atoms with Crippen LogP contribution in [0.15, 0.2) is 0 Å². The van der Waals surface area contributed by atoms with Crippen LogP contribution < -0.4 is 5.73 Å². The average molecular weight is 187 g/mol. The van der Waals surface area contributed by atoms with Crippen molar-refractivity contribution < 1.29 is 5.11 Å². The molecule has 0 saturated carbocycles. The Hall–Kier alpha value is -0.0800. The van der Waals surface area contributed by atoms with Crippen LogP contribution in [0.3, 0.4) is 0 Å². The molecule has 80 valence electrons. The van der Waals surface area contributed by atoms with Crippen molar-refractivity contribution in [3.63, 3.8) is 0 Å². The second-order valence-corrected chi connectivity index (χ2v) is 4.03. The summed E-state index contributed by atoms with van der Waals surface area (Å²) in [5.41, 5.74) is 5.69. The first kappa shape index (κ1) is 12.9. The van der Waals surface area contributed by atoms with Crippen LogP contribution in [0.25, 0.3) is 0 Å². The number of hydrogen-bond acceptors (Lipinski definition) is 2. The Labute approximate surface area is 82.5 Å². The van der Waals surface area contributed by atoms with Crippen molar-refractivity contribution in [3.8, 4) is 0 Å². The molecule has 0 spiro atoms. The number of rotatable bonds is 8. The van der Waals surface area contributed by atoms with E-state index in [9.17, 15) is 5.11 Å². The van der Waals surface area contributed by atoms with Crippen LogP contribution in [0.5, 0.6) is 0 Å². The summed E-state index contributed by atoms with van der Waals surface area (Å²) in [6.07, 6.45) is 7.12. The average Bonchev–Trinajstić information content (AvgIpc) is 2.20. The first-order valence-electron chi connectivity index (χ1n) is 5.55. The Morgan fingerprint density at radius 3 is 2.23 bits per heavy atom. The molecule has 0 radical (unpaired) electrons. The summed E-state index contributed by atoms with van der Waals surface area (Å²) in [6, 6.07) is 0. The van der Waals surface area contributed by atoms with E-state index in [4.69, 9.17) is 5.73 Å². The molecule has 1 unspecified atom stereocenters. The lowest BCUT2D eigenvalue weighted by Gasteiger charge is -2.28. The SMILES string of the molecule is CCCCCCC(CC)(CN)CO. The molecule has 0 aliphatic rings. The predicted octanol–water partition coefficient (Wildman–Crippen LogP) is 2.30. The van der Waals surface area contributed by atoms with Crippen molar-refractivity contribution >= 4 is 0 Å². The van der Waals surface area contributed by atoms with Gasteiger partial charge in [0, 0.05) is 18.6 Å². The molecule has 1 atom stereocenters. The molecule has 0 aliphatic heterocycles. The normalized spacial score (nSPS) is 15.7. The van der Waals surface area contributed by atoms with Crippen LogP contribution in [0, 0.1) is 5.41 Å². The zero-order chi connectivity index (χ0) is 10.2. The van der Waals surface area contributed by atoms with Crippen molar-refractivity contribution in [2.75, 3.05) is 13.2 Å². The van der Waals surface area contributed by atoms with Gasteiger partial charge in [-0.1, -0.05) is 39.5 Å². The lowest BCUT2D eigenvalue weighted by atomic mass is 9.81. The van der Waals surface area contributed by atoms with E-state index in [1.807, 2.05) is 0 Å². The van der Waals surface area contributed by atoms with Gasteiger partial charge in [-0.05, 0) is 12.8 Å². The molecule has 13 heavy (non-hydrogen) atoms. The highest BCUT2D eigenvalue weighted by Gasteiger charge is 2.24. The van der Waals surface area contributed by atoms with Crippen molar-refractivity contribution in [2.45, 2.75) is 52.4 Å². The summed E-state index contributed by atoms with van der Waals surface area (Å²) in [5.74, 6) is 0. The summed E-state index contributed by atoms with van der Waals surface area (Å²) in [7, 11) is 0. The van der Waals surface area contributed by atoms with E-state index >= 15 is 0 Å². The molecule has 3 N–H and O–H groups in total. The molecular formula is C11H25NO. The van der Waals surface area contributed by atoms with Gasteiger partial charge in [0.05, 0.1) is 0 Å². The fourth-order valence-corrected chi connectivity index (χ4v) is 1.61. The first-order valence-corrected chi connectivity index (χ1v) is 5.55. The molecule has 2 nitrogen and oxygen atoms in total. The number of unbranched alkanes of at least 4 members (excludes halogenated alkanes) is 3. The Morgan fingerprint density at radius 1 is 1.15 bits per heavy atom. The van der Waals surface area contributed by atoms with E-state index in [1.54, 1.807) is 0 Å². The van der Waals surface area contributed by atoms with Gasteiger partial charge < -0.3 is 10.8 Å². The van der Waals surface area contributed by atoms with E-state index in [-0.39, 0.29) is 12.0 Å². The van der Waals surface area contributed by atoms with Crippen molar-refractivity contribution in [1.29, 1.82) is 0 Å². The number of aliphatic hydroxyl groups excluding tert-OH is 1. The topological polar surface area (TPSA) is 46.2 Å². The third-order valence-electron chi connectivity index (χ3n) is 3.08. The molecule has 0 amide bonds. The number of nitrogens with two attached hydrogens (primary N) is 1. The van der Waals surface area contributed by atoms with Gasteiger partial charge >= 0.3 is 0 Å². The second-order valence-electron chi connectivity index (χ2n) is 4.03. The third-order valence-corrected chi connectivity index (χ3v) is 3.08. The molecule has 0 aliphatic carbocycles. The van der Waals surface area contributed by atoms with Crippen LogP contribution in [0.4, 0.5) is 0 Å². The highest BCUT2D eigenvalue weighted by molar-refractivity contribution is 4.77. The monoisotopic (exact) mass is 187 g/mol. The van der Waals surface area contributed by atoms with E-state index < -0.39 is 0 Å². The van der Waals surface area contributed by atoms with Gasteiger partial charge in [-0.3, -0.25) is 0 Å². The Kier molecular flexibility index (Phi) is 7.29. The Bertz CT molecular complexity index is 102. The fraction of sp³-hybridized carbons (Fsp3) is 1.00. The minimum Gasteiger partial charge on any atom is -0.396 e. The van der Waals surface area contributed by atoms with Gasteiger partial charge in [0.2, 0.25) is 0 Å². The van der Waals surface area contributed by atoms with Crippen LogP contribution in [-0.4, -0.2) is 18.3 Å². The second kappa shape index (κ2) is 7.34. The lowest BCUT2D eigenvalue weighted by Crippen LogP contribution is -2.33. The molecule has 0 saturated heterocycles.